The van der Waals surface area contributed by atoms with Crippen LogP contribution in [0.1, 0.15) is 30.8 Å². The van der Waals surface area contributed by atoms with Gasteiger partial charge in [0.05, 0.1) is 22.8 Å². The summed E-state index contributed by atoms with van der Waals surface area (Å²) < 4.78 is 0. The number of halogens is 3. The Labute approximate surface area is 166 Å². The van der Waals surface area contributed by atoms with Crippen LogP contribution in [-0.4, -0.2) is 30.5 Å². The topological polar surface area (TPSA) is 37.6 Å². The summed E-state index contributed by atoms with van der Waals surface area (Å²) in [6.07, 6.45) is 0. The first-order valence-corrected chi connectivity index (χ1v) is 4.94. The zero-order valence-electron chi connectivity index (χ0n) is 11.6. The summed E-state index contributed by atoms with van der Waals surface area (Å²) in [6, 6.07) is 4.07. The molecule has 0 unspecified atom stereocenters. The van der Waals surface area contributed by atoms with Gasteiger partial charge in [0.1, 0.15) is 0 Å². The van der Waals surface area contributed by atoms with Gasteiger partial charge in [-0.15, -0.1) is 0 Å². The van der Waals surface area contributed by atoms with Crippen LogP contribution >= 0.6 is 0 Å². The second-order valence-corrected chi connectivity index (χ2v) is 3.53. The molecule has 1 aromatic rings. The molecule has 0 bridgehead atoms. The summed E-state index contributed by atoms with van der Waals surface area (Å²) in [5, 5.41) is 0. The average Bonchev–Trinajstić information content (AvgIpc) is 2.26. The van der Waals surface area contributed by atoms with E-state index < -0.39 is 0 Å². The van der Waals surface area contributed by atoms with Crippen LogP contribution in [0.4, 0.5) is 0 Å². The molecule has 0 atom stereocenters. The van der Waals surface area contributed by atoms with Gasteiger partial charge in [-0.1, -0.05) is 0 Å². The van der Waals surface area contributed by atoms with Crippen LogP contribution in [0.5, 0.6) is 0 Å². The van der Waals surface area contributed by atoms with E-state index in [-0.39, 0.29) is 78.1 Å². The van der Waals surface area contributed by atoms with Crippen LogP contribution in [0.3, 0.4) is 0 Å². The van der Waals surface area contributed by atoms with Crippen LogP contribution < -0.4 is 37.2 Å². The third-order valence-corrected chi connectivity index (χ3v) is 2.38. The predicted octanol–water partition coefficient (Wildman–Crippen LogP) is -6.72. The standard InChI is InChI=1S/C12H17N3.3ClH.Nd/c1-8-6-11(9(2)13-4)15-12(7-8)10(3)14-5;;;;/h6-7H,1-5H3;3*1H;/q;;;;+3/p-3. The first-order valence-electron chi connectivity index (χ1n) is 4.94. The summed E-state index contributed by atoms with van der Waals surface area (Å²) in [5.74, 6) is 0. The van der Waals surface area contributed by atoms with Crippen molar-refractivity contribution in [3.8, 4) is 0 Å². The molecular formula is C12H17Cl3N3Nd. The SMILES string of the molecule is CN=C(C)c1cc(C)cc(C(C)=NC)n1.[Cl-].[Cl-].[Cl-].[Nd+3]. The first kappa shape index (κ1) is 28.0. The molecule has 1 aromatic heterocycles. The number of aromatic nitrogens is 1. The van der Waals surface area contributed by atoms with E-state index in [0.717, 1.165) is 22.8 Å². The average molecular weight is 454 g/mol. The molecule has 0 N–H and O–H groups in total. The Balaban J connectivity index is -0.000000281. The van der Waals surface area contributed by atoms with Crippen molar-refractivity contribution in [2.75, 3.05) is 14.1 Å². The maximum absolute atomic E-state index is 4.51. The van der Waals surface area contributed by atoms with Gasteiger partial charge in [0.25, 0.3) is 0 Å². The Morgan fingerprint density at radius 1 is 0.895 bits per heavy atom. The van der Waals surface area contributed by atoms with Gasteiger partial charge in [-0.3, -0.25) is 9.98 Å². The molecule has 0 fully saturated rings. The van der Waals surface area contributed by atoms with Crippen molar-refractivity contribution in [3.05, 3.63) is 29.1 Å². The minimum Gasteiger partial charge on any atom is -1.00 e. The minimum absolute atomic E-state index is 0. The Morgan fingerprint density at radius 3 is 1.47 bits per heavy atom. The second-order valence-electron chi connectivity index (χ2n) is 3.53. The Hall–Kier alpha value is 0.711. The number of nitrogens with zero attached hydrogens (tertiary/aromatic N) is 3. The molecule has 3 nitrogen and oxygen atoms in total. The summed E-state index contributed by atoms with van der Waals surface area (Å²) in [6.45, 7) is 5.98. The third-order valence-electron chi connectivity index (χ3n) is 2.38. The molecule has 0 amide bonds. The van der Waals surface area contributed by atoms with Gasteiger partial charge < -0.3 is 37.2 Å². The van der Waals surface area contributed by atoms with Crippen LogP contribution in [0.2, 0.25) is 0 Å². The molecule has 1 radical (unpaired) electrons. The first-order chi connectivity index (χ1) is 7.08. The maximum Gasteiger partial charge on any atom is 3.00 e. The van der Waals surface area contributed by atoms with Gasteiger partial charge in [-0.05, 0) is 38.5 Å². The molecule has 0 aliphatic carbocycles. The van der Waals surface area contributed by atoms with Crippen molar-refractivity contribution in [1.29, 1.82) is 0 Å². The van der Waals surface area contributed by atoms with Gasteiger partial charge in [0.2, 0.25) is 0 Å². The van der Waals surface area contributed by atoms with E-state index >= 15 is 0 Å². The zero-order chi connectivity index (χ0) is 11.4. The number of hydrogen-bond acceptors (Lipinski definition) is 3. The van der Waals surface area contributed by atoms with Gasteiger partial charge in [0.15, 0.2) is 0 Å². The third kappa shape index (κ3) is 8.56. The number of rotatable bonds is 2. The van der Waals surface area contributed by atoms with E-state index in [1.165, 1.54) is 5.56 Å². The van der Waals surface area contributed by atoms with Crippen molar-refractivity contribution in [3.63, 3.8) is 0 Å². The smallest absolute Gasteiger partial charge is 1.00 e. The molecular weight excluding hydrogens is 437 g/mol. The Bertz CT molecular complexity index is 398. The Kier molecular flexibility index (Phi) is 20.1. The van der Waals surface area contributed by atoms with Gasteiger partial charge in [-0.2, -0.15) is 0 Å². The van der Waals surface area contributed by atoms with E-state index in [4.69, 9.17) is 0 Å². The monoisotopic (exact) mass is 450 g/mol. The molecule has 0 aromatic carbocycles. The van der Waals surface area contributed by atoms with Crippen LogP contribution in [0.15, 0.2) is 22.1 Å². The number of aliphatic imine (C=N–C) groups is 2. The molecule has 105 valence electrons. The molecule has 0 saturated carbocycles. The van der Waals surface area contributed by atoms with Crippen molar-refractivity contribution in [2.24, 2.45) is 9.98 Å². The van der Waals surface area contributed by atoms with Crippen molar-refractivity contribution >= 4 is 11.4 Å². The van der Waals surface area contributed by atoms with E-state index in [0.29, 0.717) is 0 Å². The molecule has 19 heavy (non-hydrogen) atoms. The van der Waals surface area contributed by atoms with Crippen molar-refractivity contribution in [1.82, 2.24) is 4.98 Å². The predicted molar refractivity (Wildman–Crippen MR) is 65.2 cm³/mol. The maximum atomic E-state index is 4.51. The van der Waals surface area contributed by atoms with Gasteiger partial charge in [-0.25, -0.2) is 4.98 Å². The summed E-state index contributed by atoms with van der Waals surface area (Å²) in [7, 11) is 3.56. The van der Waals surface area contributed by atoms with Crippen molar-refractivity contribution in [2.45, 2.75) is 20.8 Å². The Morgan fingerprint density at radius 2 is 1.21 bits per heavy atom. The van der Waals surface area contributed by atoms with Gasteiger partial charge in [0, 0.05) is 14.1 Å². The second kappa shape index (κ2) is 13.7. The van der Waals surface area contributed by atoms with Gasteiger partial charge >= 0.3 is 40.8 Å². The molecule has 1 rings (SSSR count). The summed E-state index contributed by atoms with van der Waals surface area (Å²) >= 11 is 0. The van der Waals surface area contributed by atoms with Crippen molar-refractivity contribution < 1.29 is 78.1 Å². The normalized spacial score (nSPS) is 10.4. The number of hydrogen-bond donors (Lipinski definition) is 0. The van der Waals surface area contributed by atoms with Crippen LogP contribution in [0.25, 0.3) is 0 Å². The van der Waals surface area contributed by atoms with Crippen LogP contribution in [-0.2, 0) is 0 Å². The fourth-order valence-electron chi connectivity index (χ4n) is 1.27. The minimum atomic E-state index is 0. The molecule has 0 saturated heterocycles. The fourth-order valence-corrected chi connectivity index (χ4v) is 1.27. The van der Waals surface area contributed by atoms with E-state index in [9.17, 15) is 0 Å². The molecule has 0 spiro atoms. The fraction of sp³-hybridized carbons (Fsp3) is 0.417. The molecule has 0 aliphatic heterocycles. The molecule has 0 aliphatic rings. The summed E-state index contributed by atoms with van der Waals surface area (Å²) in [4.78, 5) is 12.8. The van der Waals surface area contributed by atoms with E-state index in [1.807, 2.05) is 26.0 Å². The number of aryl methyl sites for hydroxylation is 1. The largest absolute Gasteiger partial charge is 3.00 e. The summed E-state index contributed by atoms with van der Waals surface area (Å²) in [5.41, 5.74) is 4.93. The number of pyridine rings is 1. The van der Waals surface area contributed by atoms with E-state index in [2.05, 4.69) is 21.9 Å². The van der Waals surface area contributed by atoms with Crippen LogP contribution in [0, 0.1) is 47.8 Å². The van der Waals surface area contributed by atoms with E-state index in [1.54, 1.807) is 14.1 Å². The molecule has 1 heterocycles. The quantitative estimate of drug-likeness (QED) is 0.410. The zero-order valence-corrected chi connectivity index (χ0v) is 17.1. The molecule has 7 heteroatoms.